The molecule has 2 N–H and O–H groups in total. The first-order valence-electron chi connectivity index (χ1n) is 9.28. The Balaban J connectivity index is 1.80. The highest BCUT2D eigenvalue weighted by atomic mass is 32.2. The lowest BCUT2D eigenvalue weighted by atomic mass is 9.99. The number of rotatable bonds is 5. The summed E-state index contributed by atoms with van der Waals surface area (Å²) in [5, 5.41) is 10.7. The average Bonchev–Trinajstić information content (AvgIpc) is 2.79. The van der Waals surface area contributed by atoms with E-state index in [0.717, 1.165) is 38.7 Å². The van der Waals surface area contributed by atoms with Crippen molar-refractivity contribution in [3.8, 4) is 28.5 Å². The number of aromatic nitrogens is 1. The Morgan fingerprint density at radius 2 is 1.45 bits per heavy atom. The summed E-state index contributed by atoms with van der Waals surface area (Å²) < 4.78 is 0. The summed E-state index contributed by atoms with van der Waals surface area (Å²) in [6.45, 7) is 0. The molecule has 0 aliphatic carbocycles. The second-order valence-corrected chi connectivity index (χ2v) is 7.57. The molecule has 0 spiro atoms. The Bertz CT molecular complexity index is 1150. The molecule has 1 heterocycles. The maximum Gasteiger partial charge on any atom is 0.115 e. The topological polar surface area (TPSA) is 62.7 Å². The lowest BCUT2D eigenvalue weighted by Gasteiger charge is -2.13. The van der Waals surface area contributed by atoms with Gasteiger partial charge >= 0.3 is 0 Å². The van der Waals surface area contributed by atoms with Crippen LogP contribution in [0.15, 0.2) is 96.0 Å². The molecule has 0 saturated heterocycles. The number of nitriles is 1. The summed E-state index contributed by atoms with van der Waals surface area (Å²) in [4.78, 5) is 4.85. The van der Waals surface area contributed by atoms with Crippen LogP contribution in [0.2, 0.25) is 0 Å². The van der Waals surface area contributed by atoms with Crippen molar-refractivity contribution < 1.29 is 0 Å². The number of pyridine rings is 1. The normalized spacial score (nSPS) is 10.4. The van der Waals surface area contributed by atoms with E-state index in [1.165, 1.54) is 0 Å². The minimum atomic E-state index is 0.608. The van der Waals surface area contributed by atoms with Crippen LogP contribution in [-0.4, -0.2) is 4.98 Å². The van der Waals surface area contributed by atoms with E-state index in [9.17, 15) is 5.26 Å². The highest BCUT2D eigenvalue weighted by Crippen LogP contribution is 2.35. The fraction of sp³-hybridized carbons (Fsp3) is 0.0400. The molecule has 3 nitrogen and oxygen atoms in total. The van der Waals surface area contributed by atoms with Gasteiger partial charge in [0, 0.05) is 22.6 Å². The van der Waals surface area contributed by atoms with Crippen molar-refractivity contribution in [1.82, 2.24) is 4.98 Å². The molecule has 0 amide bonds. The lowest BCUT2D eigenvalue weighted by molar-refractivity contribution is 1.12. The van der Waals surface area contributed by atoms with Gasteiger partial charge in [0.25, 0.3) is 0 Å². The van der Waals surface area contributed by atoms with Gasteiger partial charge in [-0.25, -0.2) is 4.98 Å². The smallest absolute Gasteiger partial charge is 0.115 e. The summed E-state index contributed by atoms with van der Waals surface area (Å²) in [5.74, 6) is 0.717. The molecular formula is C25H19N3S. The zero-order chi connectivity index (χ0) is 20.1. The Kier molecular flexibility index (Phi) is 5.60. The Hall–Kier alpha value is -3.55. The van der Waals surface area contributed by atoms with E-state index in [1.807, 2.05) is 91.0 Å². The molecule has 1 aromatic heterocycles. The molecule has 29 heavy (non-hydrogen) atoms. The predicted molar refractivity (Wildman–Crippen MR) is 120 cm³/mol. The second-order valence-electron chi connectivity index (χ2n) is 6.61. The van der Waals surface area contributed by atoms with E-state index >= 15 is 0 Å². The first kappa shape index (κ1) is 18.8. The van der Waals surface area contributed by atoms with Gasteiger partial charge in [-0.15, -0.1) is 11.8 Å². The van der Waals surface area contributed by atoms with Crippen LogP contribution in [-0.2, 0) is 5.75 Å². The monoisotopic (exact) mass is 393 g/mol. The standard InChI is InChI=1S/C25H19N3S/c26-16-23-22(19-7-3-1-4-8-19)15-24(20-9-5-2-6-10-20)28-25(23)29-17-18-11-13-21(27)14-12-18/h1-15H,17,27H2. The number of nitrogen functional groups attached to an aromatic ring is 1. The second kappa shape index (κ2) is 8.64. The SMILES string of the molecule is N#Cc1c(-c2ccccc2)cc(-c2ccccc2)nc1SCc1ccc(N)cc1. The van der Waals surface area contributed by atoms with Crippen molar-refractivity contribution in [1.29, 1.82) is 5.26 Å². The zero-order valence-electron chi connectivity index (χ0n) is 15.7. The van der Waals surface area contributed by atoms with E-state index in [0.29, 0.717) is 11.3 Å². The zero-order valence-corrected chi connectivity index (χ0v) is 16.6. The number of thioether (sulfide) groups is 1. The summed E-state index contributed by atoms with van der Waals surface area (Å²) in [7, 11) is 0. The van der Waals surface area contributed by atoms with Crippen molar-refractivity contribution in [2.75, 3.05) is 5.73 Å². The van der Waals surface area contributed by atoms with E-state index in [4.69, 9.17) is 10.7 Å². The van der Waals surface area contributed by atoms with Gasteiger partial charge in [0.1, 0.15) is 11.1 Å². The van der Waals surface area contributed by atoms with Gasteiger partial charge in [0.05, 0.1) is 11.3 Å². The molecule has 0 atom stereocenters. The van der Waals surface area contributed by atoms with Crippen LogP contribution in [0.4, 0.5) is 5.69 Å². The van der Waals surface area contributed by atoms with E-state index in [-0.39, 0.29) is 0 Å². The molecule has 0 aliphatic heterocycles. The third kappa shape index (κ3) is 4.31. The van der Waals surface area contributed by atoms with Gasteiger partial charge in [-0.3, -0.25) is 0 Å². The quantitative estimate of drug-likeness (QED) is 0.326. The number of nitrogens with zero attached hydrogens (tertiary/aromatic N) is 2. The van der Waals surface area contributed by atoms with Crippen molar-refractivity contribution in [3.05, 3.63) is 102 Å². The summed E-state index contributed by atoms with van der Waals surface area (Å²) >= 11 is 1.57. The molecule has 0 unspecified atom stereocenters. The van der Waals surface area contributed by atoms with Crippen LogP contribution in [0.3, 0.4) is 0 Å². The van der Waals surface area contributed by atoms with Gasteiger partial charge in [-0.2, -0.15) is 5.26 Å². The minimum absolute atomic E-state index is 0.608. The molecule has 0 fully saturated rings. The highest BCUT2D eigenvalue weighted by Gasteiger charge is 2.16. The van der Waals surface area contributed by atoms with E-state index < -0.39 is 0 Å². The number of nitrogens with two attached hydrogens (primary N) is 1. The van der Waals surface area contributed by atoms with E-state index in [2.05, 4.69) is 6.07 Å². The van der Waals surface area contributed by atoms with Crippen molar-refractivity contribution >= 4 is 17.4 Å². The highest BCUT2D eigenvalue weighted by molar-refractivity contribution is 7.98. The van der Waals surface area contributed by atoms with Crippen LogP contribution in [0.1, 0.15) is 11.1 Å². The molecule has 0 aliphatic rings. The number of hydrogen-bond donors (Lipinski definition) is 1. The van der Waals surface area contributed by atoms with Crippen molar-refractivity contribution in [2.24, 2.45) is 0 Å². The largest absolute Gasteiger partial charge is 0.399 e. The third-order valence-electron chi connectivity index (χ3n) is 4.61. The maximum atomic E-state index is 9.94. The number of benzene rings is 3. The molecule has 140 valence electrons. The molecular weight excluding hydrogens is 374 g/mol. The van der Waals surface area contributed by atoms with Gasteiger partial charge < -0.3 is 5.73 Å². The van der Waals surface area contributed by atoms with E-state index in [1.54, 1.807) is 11.8 Å². The number of anilines is 1. The van der Waals surface area contributed by atoms with Gasteiger partial charge in [0.15, 0.2) is 0 Å². The van der Waals surface area contributed by atoms with Crippen LogP contribution in [0, 0.1) is 11.3 Å². The molecule has 3 aromatic carbocycles. The maximum absolute atomic E-state index is 9.94. The Morgan fingerprint density at radius 1 is 0.828 bits per heavy atom. The van der Waals surface area contributed by atoms with Crippen molar-refractivity contribution in [2.45, 2.75) is 10.8 Å². The Labute approximate surface area is 174 Å². The molecule has 0 bridgehead atoms. The van der Waals surface area contributed by atoms with Crippen molar-refractivity contribution in [3.63, 3.8) is 0 Å². The Morgan fingerprint density at radius 3 is 2.07 bits per heavy atom. The van der Waals surface area contributed by atoms with Crippen LogP contribution < -0.4 is 5.73 Å². The van der Waals surface area contributed by atoms with Crippen LogP contribution in [0.5, 0.6) is 0 Å². The summed E-state index contributed by atoms with van der Waals surface area (Å²) in [5.41, 5.74) is 12.1. The molecule has 0 saturated carbocycles. The third-order valence-corrected chi connectivity index (χ3v) is 5.65. The lowest BCUT2D eigenvalue weighted by Crippen LogP contribution is -1.96. The van der Waals surface area contributed by atoms with Crippen LogP contribution >= 0.6 is 11.8 Å². The average molecular weight is 394 g/mol. The minimum Gasteiger partial charge on any atom is -0.399 e. The number of hydrogen-bond acceptors (Lipinski definition) is 4. The van der Waals surface area contributed by atoms with Gasteiger partial charge in [-0.1, -0.05) is 72.8 Å². The molecule has 4 heteroatoms. The van der Waals surface area contributed by atoms with Gasteiger partial charge in [0.2, 0.25) is 0 Å². The molecule has 0 radical (unpaired) electrons. The first-order valence-corrected chi connectivity index (χ1v) is 10.3. The fourth-order valence-electron chi connectivity index (χ4n) is 3.10. The summed E-state index contributed by atoms with van der Waals surface area (Å²) in [6, 6.07) is 32.3. The predicted octanol–water partition coefficient (Wildman–Crippen LogP) is 6.16. The summed E-state index contributed by atoms with van der Waals surface area (Å²) in [6.07, 6.45) is 0. The van der Waals surface area contributed by atoms with Gasteiger partial charge in [-0.05, 0) is 29.3 Å². The molecule has 4 aromatic rings. The molecule has 4 rings (SSSR count). The van der Waals surface area contributed by atoms with Crippen LogP contribution in [0.25, 0.3) is 22.4 Å². The first-order chi connectivity index (χ1) is 14.2. The fourth-order valence-corrected chi connectivity index (χ4v) is 4.06.